The number of benzene rings is 1. The lowest BCUT2D eigenvalue weighted by Crippen LogP contribution is -2.47. The second-order valence-electron chi connectivity index (χ2n) is 5.53. The summed E-state index contributed by atoms with van der Waals surface area (Å²) in [6.07, 6.45) is 0. The second kappa shape index (κ2) is 8.96. The Balaban J connectivity index is 2.21. The zero-order valence-electron chi connectivity index (χ0n) is 14.9. The van der Waals surface area contributed by atoms with E-state index in [9.17, 15) is 9.59 Å². The molecule has 2 unspecified atom stereocenters. The van der Waals surface area contributed by atoms with Crippen LogP contribution in [0.2, 0.25) is 0 Å². The number of hydrogen-bond acceptors (Lipinski definition) is 6. The van der Waals surface area contributed by atoms with Crippen LogP contribution in [0.1, 0.15) is 17.9 Å². The molecule has 25 heavy (non-hydrogen) atoms. The molecule has 7 nitrogen and oxygen atoms in total. The number of thioether (sulfide) groups is 1. The van der Waals surface area contributed by atoms with E-state index in [1.807, 2.05) is 12.1 Å². The highest BCUT2D eigenvalue weighted by Gasteiger charge is 2.41. The van der Waals surface area contributed by atoms with Gasteiger partial charge >= 0.3 is 0 Å². The number of carbonyl (C=O) groups excluding carboxylic acids is 2. The summed E-state index contributed by atoms with van der Waals surface area (Å²) in [6, 6.07) is 5.04. The van der Waals surface area contributed by atoms with Gasteiger partial charge in [0.1, 0.15) is 11.4 Å². The molecule has 0 aliphatic carbocycles. The lowest BCUT2D eigenvalue weighted by Gasteiger charge is -2.28. The third-order valence-electron chi connectivity index (χ3n) is 3.96. The minimum absolute atomic E-state index is 0.142. The van der Waals surface area contributed by atoms with Crippen molar-refractivity contribution in [2.24, 2.45) is 0 Å². The maximum absolute atomic E-state index is 12.4. The highest BCUT2D eigenvalue weighted by atomic mass is 32.2. The summed E-state index contributed by atoms with van der Waals surface area (Å²) in [5.74, 6) is 1.45. The summed E-state index contributed by atoms with van der Waals surface area (Å²) >= 11 is 1.56. The predicted octanol–water partition coefficient (Wildman–Crippen LogP) is 1.43. The van der Waals surface area contributed by atoms with E-state index in [0.717, 1.165) is 5.56 Å². The van der Waals surface area contributed by atoms with Gasteiger partial charge in [-0.2, -0.15) is 0 Å². The molecule has 0 radical (unpaired) electrons. The van der Waals surface area contributed by atoms with Crippen LogP contribution in [0.25, 0.3) is 0 Å². The van der Waals surface area contributed by atoms with Crippen LogP contribution in [0.15, 0.2) is 18.2 Å². The fraction of sp³-hybridized carbons (Fsp3) is 0.529. The van der Waals surface area contributed by atoms with Gasteiger partial charge in [-0.05, 0) is 17.7 Å². The van der Waals surface area contributed by atoms with Crippen molar-refractivity contribution in [1.82, 2.24) is 10.2 Å². The lowest BCUT2D eigenvalue weighted by atomic mass is 10.1. The number of methoxy groups -OCH3 is 3. The van der Waals surface area contributed by atoms with Crippen LogP contribution >= 0.6 is 11.8 Å². The van der Waals surface area contributed by atoms with Gasteiger partial charge in [0, 0.05) is 26.3 Å². The number of nitrogens with one attached hydrogen (secondary N) is 1. The minimum atomic E-state index is -0.502. The summed E-state index contributed by atoms with van der Waals surface area (Å²) in [7, 11) is 4.72. The Kier molecular flexibility index (Phi) is 6.95. The standard InChI is InChI=1S/C17H24N2O5S/c1-11(20)19-13(16(21)18-7-8-22-2)10-25-17(19)12-5-6-14(23-3)15(9-12)24-4/h5-6,9,13,17H,7-8,10H2,1-4H3,(H,18,21). The minimum Gasteiger partial charge on any atom is -0.493 e. The van der Waals surface area contributed by atoms with Crippen LogP contribution in [-0.4, -0.2) is 63.0 Å². The molecule has 1 fully saturated rings. The first kappa shape index (κ1) is 19.4. The number of carbonyl (C=O) groups is 2. The van der Waals surface area contributed by atoms with Crippen LogP contribution < -0.4 is 14.8 Å². The topological polar surface area (TPSA) is 77.1 Å². The molecule has 138 valence electrons. The molecule has 0 bridgehead atoms. The van der Waals surface area contributed by atoms with E-state index in [1.165, 1.54) is 6.92 Å². The van der Waals surface area contributed by atoms with Gasteiger partial charge in [0.15, 0.2) is 11.5 Å². The van der Waals surface area contributed by atoms with Crippen LogP contribution in [0.4, 0.5) is 0 Å². The molecule has 1 heterocycles. The summed E-state index contributed by atoms with van der Waals surface area (Å²) < 4.78 is 15.5. The zero-order valence-corrected chi connectivity index (χ0v) is 15.7. The maximum atomic E-state index is 12.4. The van der Waals surface area contributed by atoms with E-state index in [-0.39, 0.29) is 17.2 Å². The summed E-state index contributed by atoms with van der Waals surface area (Å²) in [6.45, 7) is 2.34. The van der Waals surface area contributed by atoms with Crippen molar-refractivity contribution >= 4 is 23.6 Å². The average molecular weight is 368 g/mol. The van der Waals surface area contributed by atoms with E-state index < -0.39 is 6.04 Å². The van der Waals surface area contributed by atoms with Crippen molar-refractivity contribution in [3.63, 3.8) is 0 Å². The molecule has 2 amide bonds. The van der Waals surface area contributed by atoms with Crippen molar-refractivity contribution in [3.8, 4) is 11.5 Å². The summed E-state index contributed by atoms with van der Waals surface area (Å²) in [4.78, 5) is 26.2. The Hall–Kier alpha value is -1.93. The van der Waals surface area contributed by atoms with Gasteiger partial charge in [-0.15, -0.1) is 11.8 Å². The summed E-state index contributed by atoms with van der Waals surface area (Å²) in [5, 5.41) is 2.57. The Bertz CT molecular complexity index is 625. The molecular formula is C17H24N2O5S. The fourth-order valence-corrected chi connectivity index (χ4v) is 4.22. The average Bonchev–Trinajstić information content (AvgIpc) is 3.06. The molecule has 0 spiro atoms. The van der Waals surface area contributed by atoms with Crippen molar-refractivity contribution < 1.29 is 23.8 Å². The molecule has 1 aromatic carbocycles. The van der Waals surface area contributed by atoms with E-state index in [0.29, 0.717) is 30.4 Å². The zero-order chi connectivity index (χ0) is 18.4. The van der Waals surface area contributed by atoms with Crippen LogP contribution in [-0.2, 0) is 14.3 Å². The highest BCUT2D eigenvalue weighted by molar-refractivity contribution is 7.99. The van der Waals surface area contributed by atoms with Crippen molar-refractivity contribution in [1.29, 1.82) is 0 Å². The van der Waals surface area contributed by atoms with Crippen LogP contribution in [0, 0.1) is 0 Å². The number of hydrogen-bond donors (Lipinski definition) is 1. The van der Waals surface area contributed by atoms with Gasteiger partial charge < -0.3 is 24.4 Å². The smallest absolute Gasteiger partial charge is 0.243 e. The SMILES string of the molecule is COCCNC(=O)C1CSC(c2ccc(OC)c(OC)c2)N1C(C)=O. The molecule has 1 saturated heterocycles. The molecule has 8 heteroatoms. The first-order valence-electron chi connectivity index (χ1n) is 7.92. The van der Waals surface area contributed by atoms with Crippen LogP contribution in [0.3, 0.4) is 0 Å². The van der Waals surface area contributed by atoms with E-state index in [1.54, 1.807) is 44.1 Å². The molecule has 1 aromatic rings. The molecule has 0 saturated carbocycles. The second-order valence-corrected chi connectivity index (χ2v) is 6.64. The number of nitrogens with zero attached hydrogens (tertiary/aromatic N) is 1. The van der Waals surface area contributed by atoms with Crippen molar-refractivity contribution in [2.45, 2.75) is 18.3 Å². The Labute approximate surface area is 152 Å². The maximum Gasteiger partial charge on any atom is 0.243 e. The monoisotopic (exact) mass is 368 g/mol. The molecule has 2 atom stereocenters. The van der Waals surface area contributed by atoms with Crippen molar-refractivity contribution in [2.75, 3.05) is 40.2 Å². The van der Waals surface area contributed by atoms with Gasteiger partial charge in [0.05, 0.1) is 20.8 Å². The van der Waals surface area contributed by atoms with Gasteiger partial charge in [0.2, 0.25) is 11.8 Å². The molecular weight excluding hydrogens is 344 g/mol. The Morgan fingerprint density at radius 2 is 1.96 bits per heavy atom. The molecule has 1 aliphatic heterocycles. The van der Waals surface area contributed by atoms with E-state index in [2.05, 4.69) is 5.32 Å². The number of ether oxygens (including phenoxy) is 3. The highest BCUT2D eigenvalue weighted by Crippen LogP contribution is 2.43. The normalized spacial score (nSPS) is 19.6. The number of rotatable bonds is 7. The third-order valence-corrected chi connectivity index (χ3v) is 5.29. The van der Waals surface area contributed by atoms with Crippen molar-refractivity contribution in [3.05, 3.63) is 23.8 Å². The van der Waals surface area contributed by atoms with Gasteiger partial charge in [0.25, 0.3) is 0 Å². The number of amides is 2. The molecule has 0 aromatic heterocycles. The van der Waals surface area contributed by atoms with Gasteiger partial charge in [-0.25, -0.2) is 0 Å². The third kappa shape index (κ3) is 4.38. The lowest BCUT2D eigenvalue weighted by molar-refractivity contribution is -0.138. The summed E-state index contributed by atoms with van der Waals surface area (Å²) in [5.41, 5.74) is 0.894. The fourth-order valence-electron chi connectivity index (χ4n) is 2.75. The van der Waals surface area contributed by atoms with Gasteiger partial charge in [-0.3, -0.25) is 9.59 Å². The first-order chi connectivity index (χ1) is 12.0. The van der Waals surface area contributed by atoms with Gasteiger partial charge in [-0.1, -0.05) is 6.07 Å². The molecule has 1 N–H and O–H groups in total. The van der Waals surface area contributed by atoms with E-state index in [4.69, 9.17) is 14.2 Å². The van der Waals surface area contributed by atoms with E-state index >= 15 is 0 Å². The predicted molar refractivity (Wildman–Crippen MR) is 95.9 cm³/mol. The Morgan fingerprint density at radius 1 is 1.24 bits per heavy atom. The first-order valence-corrected chi connectivity index (χ1v) is 8.97. The molecule has 2 rings (SSSR count). The largest absolute Gasteiger partial charge is 0.493 e. The Morgan fingerprint density at radius 3 is 2.56 bits per heavy atom. The quantitative estimate of drug-likeness (QED) is 0.734. The van der Waals surface area contributed by atoms with Crippen LogP contribution in [0.5, 0.6) is 11.5 Å². The molecule has 1 aliphatic rings.